The summed E-state index contributed by atoms with van der Waals surface area (Å²) in [7, 11) is 0. The summed E-state index contributed by atoms with van der Waals surface area (Å²) in [6.45, 7) is 1.78. The molecule has 1 aromatic heterocycles. The molecule has 1 aliphatic rings. The molecule has 0 bridgehead atoms. The SMILES string of the molecule is Cc1nnc(NC(=O)[C@H](Cc2ccccc2)N2C(=O)c3ccccc3C2=O)s1. The molecule has 0 aliphatic carbocycles. The lowest BCUT2D eigenvalue weighted by Crippen LogP contribution is -2.48. The molecule has 1 aliphatic heterocycles. The Kier molecular flexibility index (Phi) is 4.70. The van der Waals surface area contributed by atoms with Gasteiger partial charge in [0.25, 0.3) is 11.8 Å². The van der Waals surface area contributed by atoms with Gasteiger partial charge in [-0.2, -0.15) is 0 Å². The molecule has 0 fully saturated rings. The van der Waals surface area contributed by atoms with Crippen molar-refractivity contribution in [2.45, 2.75) is 19.4 Å². The van der Waals surface area contributed by atoms with Gasteiger partial charge < -0.3 is 0 Å². The Bertz CT molecular complexity index is 1030. The monoisotopic (exact) mass is 392 g/mol. The van der Waals surface area contributed by atoms with Gasteiger partial charge in [-0.05, 0) is 24.6 Å². The molecule has 7 nitrogen and oxygen atoms in total. The molecule has 0 unspecified atom stereocenters. The van der Waals surface area contributed by atoms with E-state index in [1.807, 2.05) is 30.3 Å². The summed E-state index contributed by atoms with van der Waals surface area (Å²) in [5.41, 5.74) is 1.46. The Balaban J connectivity index is 1.68. The molecule has 4 rings (SSSR count). The molecule has 2 heterocycles. The summed E-state index contributed by atoms with van der Waals surface area (Å²) in [5.74, 6) is -1.41. The van der Waals surface area contributed by atoms with Gasteiger partial charge in [0.15, 0.2) is 0 Å². The highest BCUT2D eigenvalue weighted by Gasteiger charge is 2.42. The second kappa shape index (κ2) is 7.32. The summed E-state index contributed by atoms with van der Waals surface area (Å²) < 4.78 is 0. The Labute approximate surface area is 165 Å². The first kappa shape index (κ1) is 18.0. The van der Waals surface area contributed by atoms with Gasteiger partial charge in [-0.15, -0.1) is 10.2 Å². The van der Waals surface area contributed by atoms with Crippen LogP contribution >= 0.6 is 11.3 Å². The number of fused-ring (bicyclic) bond motifs is 1. The van der Waals surface area contributed by atoms with Gasteiger partial charge in [-0.3, -0.25) is 24.6 Å². The Hall–Kier alpha value is -3.39. The van der Waals surface area contributed by atoms with Crippen molar-refractivity contribution in [3.8, 4) is 0 Å². The van der Waals surface area contributed by atoms with Crippen LogP contribution in [0.1, 0.15) is 31.3 Å². The van der Waals surface area contributed by atoms with Crippen LogP contribution in [0.15, 0.2) is 54.6 Å². The zero-order valence-corrected chi connectivity index (χ0v) is 15.8. The average molecular weight is 392 g/mol. The molecule has 0 saturated carbocycles. The average Bonchev–Trinajstić information content (AvgIpc) is 3.22. The molecule has 0 radical (unpaired) electrons. The summed E-state index contributed by atoms with van der Waals surface area (Å²) in [6, 6.07) is 14.9. The van der Waals surface area contributed by atoms with Crippen molar-refractivity contribution in [1.82, 2.24) is 15.1 Å². The molecule has 28 heavy (non-hydrogen) atoms. The highest BCUT2D eigenvalue weighted by atomic mass is 32.1. The molecule has 3 aromatic rings. The number of carbonyl (C=O) groups excluding carboxylic acids is 3. The van der Waals surface area contributed by atoms with Crippen molar-refractivity contribution < 1.29 is 14.4 Å². The molecule has 1 N–H and O–H groups in total. The number of imide groups is 1. The molecular formula is C20H16N4O3S. The number of anilines is 1. The van der Waals surface area contributed by atoms with Crippen LogP contribution in [-0.4, -0.2) is 38.9 Å². The lowest BCUT2D eigenvalue weighted by atomic mass is 10.0. The Morgan fingerprint density at radius 3 is 2.18 bits per heavy atom. The van der Waals surface area contributed by atoms with E-state index in [4.69, 9.17) is 0 Å². The maximum Gasteiger partial charge on any atom is 0.262 e. The highest BCUT2D eigenvalue weighted by Crippen LogP contribution is 2.27. The first-order chi connectivity index (χ1) is 13.5. The third kappa shape index (κ3) is 3.29. The number of nitrogens with zero attached hydrogens (tertiary/aromatic N) is 3. The zero-order chi connectivity index (χ0) is 19.7. The second-order valence-electron chi connectivity index (χ2n) is 6.35. The maximum absolute atomic E-state index is 13.0. The first-order valence-electron chi connectivity index (χ1n) is 8.66. The van der Waals surface area contributed by atoms with Crippen LogP contribution < -0.4 is 5.32 Å². The second-order valence-corrected chi connectivity index (χ2v) is 7.53. The minimum absolute atomic E-state index is 0.204. The predicted molar refractivity (Wildman–Crippen MR) is 104 cm³/mol. The van der Waals surface area contributed by atoms with Crippen LogP contribution in [0, 0.1) is 6.92 Å². The summed E-state index contributed by atoms with van der Waals surface area (Å²) in [6.07, 6.45) is 0.204. The molecule has 8 heteroatoms. The van der Waals surface area contributed by atoms with E-state index in [9.17, 15) is 14.4 Å². The quantitative estimate of drug-likeness (QED) is 0.674. The van der Waals surface area contributed by atoms with Gasteiger partial charge in [-0.1, -0.05) is 53.8 Å². The van der Waals surface area contributed by atoms with Crippen molar-refractivity contribution in [2.75, 3.05) is 5.32 Å². The minimum Gasteiger partial charge on any atom is -0.299 e. The molecule has 0 spiro atoms. The van der Waals surface area contributed by atoms with Crippen molar-refractivity contribution in [3.05, 3.63) is 76.3 Å². The number of hydrogen-bond acceptors (Lipinski definition) is 6. The minimum atomic E-state index is -1.00. The van der Waals surface area contributed by atoms with E-state index in [2.05, 4.69) is 15.5 Å². The van der Waals surface area contributed by atoms with E-state index in [0.29, 0.717) is 21.3 Å². The maximum atomic E-state index is 13.0. The number of nitrogens with one attached hydrogen (secondary N) is 1. The number of aryl methyl sites for hydroxylation is 1. The topological polar surface area (TPSA) is 92.3 Å². The van der Waals surface area contributed by atoms with Gasteiger partial charge in [-0.25, -0.2) is 0 Å². The van der Waals surface area contributed by atoms with Crippen molar-refractivity contribution in [3.63, 3.8) is 0 Å². The largest absolute Gasteiger partial charge is 0.299 e. The zero-order valence-electron chi connectivity index (χ0n) is 15.0. The Morgan fingerprint density at radius 2 is 1.61 bits per heavy atom. The molecule has 2 aromatic carbocycles. The third-order valence-corrected chi connectivity index (χ3v) is 5.22. The summed E-state index contributed by atoms with van der Waals surface area (Å²) in [5, 5.41) is 11.5. The number of rotatable bonds is 5. The first-order valence-corrected chi connectivity index (χ1v) is 9.48. The van der Waals surface area contributed by atoms with E-state index in [0.717, 1.165) is 10.5 Å². The highest BCUT2D eigenvalue weighted by molar-refractivity contribution is 7.15. The van der Waals surface area contributed by atoms with Crippen LogP contribution in [0.2, 0.25) is 0 Å². The fourth-order valence-electron chi connectivity index (χ4n) is 3.17. The van der Waals surface area contributed by atoms with Crippen molar-refractivity contribution >= 4 is 34.2 Å². The van der Waals surface area contributed by atoms with E-state index in [1.165, 1.54) is 11.3 Å². The fourth-order valence-corrected chi connectivity index (χ4v) is 3.76. The standard InChI is InChI=1S/C20H16N4O3S/c1-12-22-23-20(28-12)21-17(25)16(11-13-7-3-2-4-8-13)24-18(26)14-9-5-6-10-15(14)19(24)27/h2-10,16H,11H2,1H3,(H,21,23,25)/t16-/m0/s1. The van der Waals surface area contributed by atoms with Crippen LogP contribution in [0.4, 0.5) is 5.13 Å². The summed E-state index contributed by atoms with van der Waals surface area (Å²) >= 11 is 1.23. The van der Waals surface area contributed by atoms with Gasteiger partial charge in [0.2, 0.25) is 11.0 Å². The van der Waals surface area contributed by atoms with Crippen LogP contribution in [0.25, 0.3) is 0 Å². The predicted octanol–water partition coefficient (Wildman–Crippen LogP) is 2.69. The fraction of sp³-hybridized carbons (Fsp3) is 0.150. The molecule has 3 amide bonds. The molecule has 140 valence electrons. The van der Waals surface area contributed by atoms with Gasteiger partial charge in [0, 0.05) is 6.42 Å². The summed E-state index contributed by atoms with van der Waals surface area (Å²) in [4.78, 5) is 39.9. The van der Waals surface area contributed by atoms with Crippen LogP contribution in [0.5, 0.6) is 0 Å². The van der Waals surface area contributed by atoms with Crippen LogP contribution in [-0.2, 0) is 11.2 Å². The van der Waals surface area contributed by atoms with Crippen LogP contribution in [0.3, 0.4) is 0 Å². The Morgan fingerprint density at radius 1 is 1.00 bits per heavy atom. The lowest BCUT2D eigenvalue weighted by Gasteiger charge is -2.25. The third-order valence-electron chi connectivity index (χ3n) is 4.47. The number of amides is 3. The molecular weight excluding hydrogens is 376 g/mol. The number of carbonyl (C=O) groups is 3. The van der Waals surface area contributed by atoms with E-state index >= 15 is 0 Å². The van der Waals surface area contributed by atoms with Crippen molar-refractivity contribution in [2.24, 2.45) is 0 Å². The van der Waals surface area contributed by atoms with E-state index in [1.54, 1.807) is 31.2 Å². The smallest absolute Gasteiger partial charge is 0.262 e. The van der Waals surface area contributed by atoms with Gasteiger partial charge in [0.1, 0.15) is 11.0 Å². The van der Waals surface area contributed by atoms with E-state index < -0.39 is 23.8 Å². The normalized spacial score (nSPS) is 14.1. The van der Waals surface area contributed by atoms with Gasteiger partial charge in [0.05, 0.1) is 11.1 Å². The number of aromatic nitrogens is 2. The van der Waals surface area contributed by atoms with Crippen molar-refractivity contribution in [1.29, 1.82) is 0 Å². The van der Waals surface area contributed by atoms with E-state index in [-0.39, 0.29) is 6.42 Å². The molecule has 0 saturated heterocycles. The molecule has 1 atom stereocenters. The lowest BCUT2D eigenvalue weighted by molar-refractivity contribution is -0.119. The number of hydrogen-bond donors (Lipinski definition) is 1. The number of benzene rings is 2. The van der Waals surface area contributed by atoms with Gasteiger partial charge >= 0.3 is 0 Å².